The van der Waals surface area contributed by atoms with Gasteiger partial charge in [-0.1, -0.05) is 5.16 Å². The number of amides is 1. The molecule has 10 heteroatoms. The Kier molecular flexibility index (Phi) is 4.91. The molecule has 1 amide bonds. The van der Waals surface area contributed by atoms with Crippen molar-refractivity contribution in [3.8, 4) is 17.1 Å². The molecule has 1 aliphatic rings. The van der Waals surface area contributed by atoms with Gasteiger partial charge in [-0.25, -0.2) is 0 Å². The Balaban J connectivity index is 1.37. The summed E-state index contributed by atoms with van der Waals surface area (Å²) < 4.78 is 47.8. The lowest BCUT2D eigenvalue weighted by molar-refractivity contribution is -0.159. The number of pyridine rings is 1. The first-order valence-electron chi connectivity index (χ1n) is 8.77. The summed E-state index contributed by atoms with van der Waals surface area (Å²) in [5.74, 6) is -1.08. The number of carbonyl (C=O) groups is 1. The van der Waals surface area contributed by atoms with Crippen molar-refractivity contribution < 1.29 is 27.2 Å². The predicted molar refractivity (Wildman–Crippen MR) is 93.9 cm³/mol. The molecule has 0 spiro atoms. The number of ether oxygens (including phenoxy) is 1. The molecule has 1 saturated heterocycles. The van der Waals surface area contributed by atoms with Crippen molar-refractivity contribution in [3.63, 3.8) is 0 Å². The molecule has 0 saturated carbocycles. The second kappa shape index (κ2) is 7.53. The van der Waals surface area contributed by atoms with E-state index in [1.165, 1.54) is 0 Å². The van der Waals surface area contributed by atoms with Gasteiger partial charge in [0, 0.05) is 36.5 Å². The Hall–Kier alpha value is -3.43. The molecule has 1 fully saturated rings. The molecular weight excluding hydrogens is 389 g/mol. The van der Waals surface area contributed by atoms with Gasteiger partial charge in [-0.2, -0.15) is 18.2 Å². The highest BCUT2D eigenvalue weighted by molar-refractivity contribution is 5.94. The molecule has 0 radical (unpaired) electrons. The number of hydrogen-bond acceptors (Lipinski definition) is 6. The Bertz CT molecular complexity index is 990. The molecule has 3 aromatic rings. The molecule has 0 unspecified atom stereocenters. The van der Waals surface area contributed by atoms with Crippen LogP contribution in [0.3, 0.4) is 0 Å². The molecule has 150 valence electrons. The average Bonchev–Trinajstić information content (AvgIpc) is 3.38. The largest absolute Gasteiger partial charge is 0.489 e. The van der Waals surface area contributed by atoms with Crippen LogP contribution in [-0.4, -0.2) is 45.1 Å². The van der Waals surface area contributed by atoms with E-state index >= 15 is 0 Å². The van der Waals surface area contributed by atoms with E-state index < -0.39 is 12.1 Å². The highest BCUT2D eigenvalue weighted by atomic mass is 19.4. The normalized spacial score (nSPS) is 16.8. The van der Waals surface area contributed by atoms with Crippen LogP contribution in [0.25, 0.3) is 11.4 Å². The van der Waals surface area contributed by atoms with Gasteiger partial charge in [-0.15, -0.1) is 0 Å². The van der Waals surface area contributed by atoms with E-state index in [1.807, 2.05) is 0 Å². The lowest BCUT2D eigenvalue weighted by Crippen LogP contribution is -2.30. The maximum atomic E-state index is 12.6. The minimum Gasteiger partial charge on any atom is -0.489 e. The first kappa shape index (κ1) is 18.9. The second-order valence-electron chi connectivity index (χ2n) is 6.46. The van der Waals surface area contributed by atoms with E-state index in [0.29, 0.717) is 36.4 Å². The van der Waals surface area contributed by atoms with Crippen LogP contribution in [-0.2, 0) is 6.18 Å². The molecule has 0 N–H and O–H groups in total. The smallest absolute Gasteiger partial charge is 0.471 e. The van der Waals surface area contributed by atoms with Crippen LogP contribution in [0.4, 0.5) is 13.2 Å². The van der Waals surface area contributed by atoms with Crippen LogP contribution in [0.2, 0.25) is 0 Å². The minimum atomic E-state index is -4.68. The molecule has 0 bridgehead atoms. The fraction of sp³-hybridized carbons (Fsp3) is 0.263. The first-order chi connectivity index (χ1) is 13.9. The minimum absolute atomic E-state index is 0.0774. The standard InChI is InChI=1S/C19H15F3N4O3/c20-19(21,22)18-24-16(25-29-18)12-1-3-14(4-2-12)28-15-7-10-26(11-15)17(27)13-5-8-23-9-6-13/h1-6,8-9,15H,7,10-11H2/t15-/m1/s1. The van der Waals surface area contributed by atoms with Crippen molar-refractivity contribution in [2.75, 3.05) is 13.1 Å². The zero-order valence-electron chi connectivity index (χ0n) is 15.0. The zero-order chi connectivity index (χ0) is 20.4. The highest BCUT2D eigenvalue weighted by Crippen LogP contribution is 2.30. The van der Waals surface area contributed by atoms with Crippen molar-refractivity contribution in [3.05, 3.63) is 60.2 Å². The topological polar surface area (TPSA) is 81.4 Å². The monoisotopic (exact) mass is 404 g/mol. The van der Waals surface area contributed by atoms with E-state index in [0.717, 1.165) is 0 Å². The molecule has 1 aromatic carbocycles. The van der Waals surface area contributed by atoms with Crippen molar-refractivity contribution >= 4 is 5.91 Å². The average molecular weight is 404 g/mol. The third-order valence-electron chi connectivity index (χ3n) is 4.44. The van der Waals surface area contributed by atoms with Gasteiger partial charge in [0.2, 0.25) is 5.82 Å². The summed E-state index contributed by atoms with van der Waals surface area (Å²) >= 11 is 0. The van der Waals surface area contributed by atoms with Crippen LogP contribution < -0.4 is 4.74 Å². The number of hydrogen-bond donors (Lipinski definition) is 0. The van der Waals surface area contributed by atoms with Crippen molar-refractivity contribution in [2.45, 2.75) is 18.7 Å². The summed E-state index contributed by atoms with van der Waals surface area (Å²) in [6, 6.07) is 9.66. The molecule has 0 aliphatic carbocycles. The summed E-state index contributed by atoms with van der Waals surface area (Å²) in [6.45, 7) is 1.02. The number of halogens is 3. The van der Waals surface area contributed by atoms with E-state index in [-0.39, 0.29) is 17.8 Å². The van der Waals surface area contributed by atoms with Gasteiger partial charge in [-0.3, -0.25) is 9.78 Å². The molecule has 1 aliphatic heterocycles. The fourth-order valence-corrected chi connectivity index (χ4v) is 3.02. The SMILES string of the molecule is O=C(c1ccncc1)N1CC[C@@H](Oc2ccc(-c3noc(C(F)(F)F)n3)cc2)C1. The van der Waals surface area contributed by atoms with Gasteiger partial charge in [0.15, 0.2) is 0 Å². The van der Waals surface area contributed by atoms with E-state index in [9.17, 15) is 18.0 Å². The Morgan fingerprint density at radius 3 is 2.52 bits per heavy atom. The molecule has 2 aromatic heterocycles. The van der Waals surface area contributed by atoms with Gasteiger partial charge in [-0.05, 0) is 36.4 Å². The van der Waals surface area contributed by atoms with Crippen molar-refractivity contribution in [1.82, 2.24) is 20.0 Å². The van der Waals surface area contributed by atoms with Crippen molar-refractivity contribution in [1.29, 1.82) is 0 Å². The second-order valence-corrected chi connectivity index (χ2v) is 6.46. The summed E-state index contributed by atoms with van der Waals surface area (Å²) in [5.41, 5.74) is 0.945. The molecule has 1 atom stereocenters. The highest BCUT2D eigenvalue weighted by Gasteiger charge is 2.38. The number of benzene rings is 1. The van der Waals surface area contributed by atoms with Gasteiger partial charge >= 0.3 is 12.1 Å². The maximum absolute atomic E-state index is 12.6. The van der Waals surface area contributed by atoms with Gasteiger partial charge in [0.05, 0.1) is 6.54 Å². The molecular formula is C19H15F3N4O3. The quantitative estimate of drug-likeness (QED) is 0.663. The van der Waals surface area contributed by atoms with E-state index in [1.54, 1.807) is 53.7 Å². The molecule has 29 heavy (non-hydrogen) atoms. The van der Waals surface area contributed by atoms with Crippen LogP contribution >= 0.6 is 0 Å². The maximum Gasteiger partial charge on any atom is 0.471 e. The number of aromatic nitrogens is 3. The van der Waals surface area contributed by atoms with Crippen LogP contribution in [0.15, 0.2) is 53.3 Å². The van der Waals surface area contributed by atoms with Crippen LogP contribution in [0.1, 0.15) is 22.7 Å². The van der Waals surface area contributed by atoms with Gasteiger partial charge in [0.25, 0.3) is 5.91 Å². The lowest BCUT2D eigenvalue weighted by atomic mass is 10.2. The number of carbonyl (C=O) groups excluding carboxylic acids is 1. The summed E-state index contributed by atoms with van der Waals surface area (Å²) in [5, 5.41) is 3.35. The number of rotatable bonds is 4. The number of likely N-dealkylation sites (tertiary alicyclic amines) is 1. The summed E-state index contributed by atoms with van der Waals surface area (Å²) in [7, 11) is 0. The molecule has 7 nitrogen and oxygen atoms in total. The van der Waals surface area contributed by atoms with E-state index in [4.69, 9.17) is 4.74 Å². The Morgan fingerprint density at radius 2 is 1.86 bits per heavy atom. The molecule has 4 rings (SSSR count). The third kappa shape index (κ3) is 4.20. The Morgan fingerprint density at radius 1 is 1.14 bits per heavy atom. The number of nitrogens with zero attached hydrogens (tertiary/aromatic N) is 4. The van der Waals surface area contributed by atoms with Crippen LogP contribution in [0.5, 0.6) is 5.75 Å². The van der Waals surface area contributed by atoms with Crippen LogP contribution in [0, 0.1) is 0 Å². The fourth-order valence-electron chi connectivity index (χ4n) is 3.02. The zero-order valence-corrected chi connectivity index (χ0v) is 15.0. The first-order valence-corrected chi connectivity index (χ1v) is 8.77. The predicted octanol–water partition coefficient (Wildman–Crippen LogP) is 3.44. The number of alkyl halides is 3. The van der Waals surface area contributed by atoms with Crippen molar-refractivity contribution in [2.24, 2.45) is 0 Å². The van der Waals surface area contributed by atoms with E-state index in [2.05, 4.69) is 19.6 Å². The third-order valence-corrected chi connectivity index (χ3v) is 4.44. The summed E-state index contributed by atoms with van der Waals surface area (Å²) in [6.07, 6.45) is -1.04. The Labute approximate surface area is 163 Å². The van der Waals surface area contributed by atoms with Gasteiger partial charge in [0.1, 0.15) is 11.9 Å². The lowest BCUT2D eigenvalue weighted by Gasteiger charge is -2.17. The molecule has 3 heterocycles. The summed E-state index contributed by atoms with van der Waals surface area (Å²) in [4.78, 5) is 21.4. The van der Waals surface area contributed by atoms with Gasteiger partial charge < -0.3 is 14.2 Å².